The second kappa shape index (κ2) is 5.42. The van der Waals surface area contributed by atoms with Crippen LogP contribution in [0.3, 0.4) is 0 Å². The third kappa shape index (κ3) is 3.14. The minimum Gasteiger partial charge on any atom is -0.338 e. The highest BCUT2D eigenvalue weighted by Gasteiger charge is 2.29. The summed E-state index contributed by atoms with van der Waals surface area (Å²) in [4.78, 5) is 12.3. The molecule has 0 aromatic rings. The molecule has 0 aliphatic heterocycles. The summed E-state index contributed by atoms with van der Waals surface area (Å²) in [7, 11) is 1.49. The first-order chi connectivity index (χ1) is 7.06. The van der Waals surface area contributed by atoms with Gasteiger partial charge in [-0.2, -0.15) is 8.78 Å². The van der Waals surface area contributed by atoms with E-state index in [-0.39, 0.29) is 6.04 Å². The van der Waals surface area contributed by atoms with Crippen LogP contribution in [0.15, 0.2) is 0 Å². The molecule has 0 unspecified atom stereocenters. The molecule has 0 bridgehead atoms. The van der Waals surface area contributed by atoms with Crippen LogP contribution in [-0.2, 0) is 4.79 Å². The number of rotatable bonds is 3. The summed E-state index contributed by atoms with van der Waals surface area (Å²) in [5.41, 5.74) is 0. The lowest BCUT2D eigenvalue weighted by Gasteiger charge is -2.34. The highest BCUT2D eigenvalue weighted by Crippen LogP contribution is 2.29. The topological polar surface area (TPSA) is 20.3 Å². The van der Waals surface area contributed by atoms with Gasteiger partial charge in [-0.15, -0.1) is 0 Å². The average molecular weight is 219 g/mol. The molecule has 0 aromatic carbocycles. The second-order valence-corrected chi connectivity index (χ2v) is 4.33. The monoisotopic (exact) mass is 219 g/mol. The molecule has 0 heterocycles. The van der Waals surface area contributed by atoms with Gasteiger partial charge in [-0.25, -0.2) is 0 Å². The number of carbonyl (C=O) groups is 1. The van der Waals surface area contributed by atoms with Gasteiger partial charge in [0.25, 0.3) is 5.91 Å². The first-order valence-corrected chi connectivity index (χ1v) is 5.61. The van der Waals surface area contributed by atoms with Crippen molar-refractivity contribution in [3.63, 3.8) is 0 Å². The highest BCUT2D eigenvalue weighted by molar-refractivity contribution is 5.79. The Bertz CT molecular complexity index is 213. The predicted molar refractivity (Wildman–Crippen MR) is 54.8 cm³/mol. The van der Waals surface area contributed by atoms with Crippen LogP contribution in [0.25, 0.3) is 0 Å². The van der Waals surface area contributed by atoms with Crippen LogP contribution in [0.4, 0.5) is 8.78 Å². The molecule has 0 radical (unpaired) electrons. The third-order valence-corrected chi connectivity index (χ3v) is 3.48. The van der Waals surface area contributed by atoms with Crippen molar-refractivity contribution in [2.45, 2.75) is 51.5 Å². The maximum atomic E-state index is 12.2. The molecule has 4 heteroatoms. The van der Waals surface area contributed by atoms with Gasteiger partial charge in [0.2, 0.25) is 0 Å². The Morgan fingerprint density at radius 1 is 1.33 bits per heavy atom. The molecule has 0 aromatic heterocycles. The van der Waals surface area contributed by atoms with E-state index in [1.807, 2.05) is 0 Å². The Kier molecular flexibility index (Phi) is 4.48. The molecule has 1 aliphatic rings. The molecule has 1 aliphatic carbocycles. The molecule has 1 fully saturated rings. The molecule has 1 rings (SSSR count). The normalized spacial score (nSPS) is 26.7. The molecular formula is C11H19F2NO. The molecule has 1 saturated carbocycles. The summed E-state index contributed by atoms with van der Waals surface area (Å²) < 4.78 is 24.4. The average Bonchev–Trinajstić information content (AvgIpc) is 2.27. The number of nitrogens with zero attached hydrogens (tertiary/aromatic N) is 1. The van der Waals surface area contributed by atoms with Crippen molar-refractivity contribution in [3.8, 4) is 0 Å². The van der Waals surface area contributed by atoms with Crippen molar-refractivity contribution in [1.29, 1.82) is 0 Å². The fourth-order valence-corrected chi connectivity index (χ4v) is 2.27. The van der Waals surface area contributed by atoms with Crippen LogP contribution in [-0.4, -0.2) is 30.3 Å². The summed E-state index contributed by atoms with van der Waals surface area (Å²) in [6.45, 7) is 2.15. The molecular weight excluding hydrogens is 200 g/mol. The van der Waals surface area contributed by atoms with Crippen molar-refractivity contribution in [2.24, 2.45) is 5.92 Å². The number of amides is 1. The standard InChI is InChI=1S/C11H19F2NO/c1-3-8-4-6-9(7-5-8)14(2)11(15)10(12)13/h8-10H,3-7H2,1-2H3. The van der Waals surface area contributed by atoms with E-state index in [0.717, 1.165) is 38.0 Å². The zero-order valence-electron chi connectivity index (χ0n) is 9.38. The summed E-state index contributed by atoms with van der Waals surface area (Å²) in [5, 5.41) is 0. The van der Waals surface area contributed by atoms with Crippen molar-refractivity contribution in [3.05, 3.63) is 0 Å². The van der Waals surface area contributed by atoms with Gasteiger partial charge in [-0.1, -0.05) is 13.3 Å². The van der Waals surface area contributed by atoms with Gasteiger partial charge >= 0.3 is 6.43 Å². The van der Waals surface area contributed by atoms with E-state index in [2.05, 4.69) is 6.92 Å². The van der Waals surface area contributed by atoms with Gasteiger partial charge in [-0.05, 0) is 31.6 Å². The van der Waals surface area contributed by atoms with Gasteiger partial charge in [0, 0.05) is 13.1 Å². The first-order valence-electron chi connectivity index (χ1n) is 5.61. The summed E-state index contributed by atoms with van der Waals surface area (Å²) >= 11 is 0. The van der Waals surface area contributed by atoms with E-state index in [9.17, 15) is 13.6 Å². The first kappa shape index (κ1) is 12.4. The van der Waals surface area contributed by atoms with Gasteiger partial charge in [0.1, 0.15) is 0 Å². The number of hydrogen-bond acceptors (Lipinski definition) is 1. The van der Waals surface area contributed by atoms with Crippen molar-refractivity contribution < 1.29 is 13.6 Å². The Balaban J connectivity index is 2.42. The van der Waals surface area contributed by atoms with Crippen molar-refractivity contribution in [1.82, 2.24) is 4.90 Å². The van der Waals surface area contributed by atoms with E-state index < -0.39 is 12.3 Å². The molecule has 15 heavy (non-hydrogen) atoms. The van der Waals surface area contributed by atoms with Crippen LogP contribution in [0, 0.1) is 5.92 Å². The quantitative estimate of drug-likeness (QED) is 0.714. The number of carbonyl (C=O) groups excluding carboxylic acids is 1. The van der Waals surface area contributed by atoms with Crippen LogP contribution in [0.1, 0.15) is 39.0 Å². The Morgan fingerprint density at radius 3 is 2.27 bits per heavy atom. The van der Waals surface area contributed by atoms with Crippen LogP contribution in [0.2, 0.25) is 0 Å². The fraction of sp³-hybridized carbons (Fsp3) is 0.909. The van der Waals surface area contributed by atoms with E-state index in [0.29, 0.717) is 0 Å². The predicted octanol–water partition coefficient (Wildman–Crippen LogP) is 2.68. The van der Waals surface area contributed by atoms with Crippen LogP contribution < -0.4 is 0 Å². The molecule has 88 valence electrons. The van der Waals surface area contributed by atoms with Crippen LogP contribution >= 0.6 is 0 Å². The SMILES string of the molecule is CCC1CCC(N(C)C(=O)C(F)F)CC1. The lowest BCUT2D eigenvalue weighted by Crippen LogP contribution is -2.42. The Hall–Kier alpha value is -0.670. The minimum absolute atomic E-state index is 0.0225. The van der Waals surface area contributed by atoms with Crippen molar-refractivity contribution >= 4 is 5.91 Å². The Labute approximate surface area is 89.6 Å². The molecule has 0 N–H and O–H groups in total. The van der Waals surface area contributed by atoms with E-state index in [1.165, 1.54) is 11.9 Å². The second-order valence-electron chi connectivity index (χ2n) is 4.33. The smallest absolute Gasteiger partial charge is 0.315 e. The van der Waals surface area contributed by atoms with Crippen LogP contribution in [0.5, 0.6) is 0 Å². The third-order valence-electron chi connectivity index (χ3n) is 3.48. The van der Waals surface area contributed by atoms with Gasteiger partial charge in [-0.3, -0.25) is 4.79 Å². The highest BCUT2D eigenvalue weighted by atomic mass is 19.3. The molecule has 0 spiro atoms. The zero-order valence-corrected chi connectivity index (χ0v) is 9.38. The maximum absolute atomic E-state index is 12.2. The number of halogens is 2. The van der Waals surface area contributed by atoms with E-state index in [4.69, 9.17) is 0 Å². The summed E-state index contributed by atoms with van der Waals surface area (Å²) in [5.74, 6) is -0.314. The van der Waals surface area contributed by atoms with E-state index in [1.54, 1.807) is 0 Å². The number of alkyl halides is 2. The zero-order chi connectivity index (χ0) is 11.4. The molecule has 0 saturated heterocycles. The molecule has 0 atom stereocenters. The number of hydrogen-bond donors (Lipinski definition) is 0. The lowest BCUT2D eigenvalue weighted by molar-refractivity contribution is -0.144. The molecule has 1 amide bonds. The largest absolute Gasteiger partial charge is 0.338 e. The van der Waals surface area contributed by atoms with Gasteiger partial charge in [0.15, 0.2) is 0 Å². The van der Waals surface area contributed by atoms with E-state index >= 15 is 0 Å². The van der Waals surface area contributed by atoms with Gasteiger partial charge in [0.05, 0.1) is 0 Å². The van der Waals surface area contributed by atoms with Gasteiger partial charge < -0.3 is 4.90 Å². The maximum Gasteiger partial charge on any atom is 0.315 e. The molecule has 2 nitrogen and oxygen atoms in total. The fourth-order valence-electron chi connectivity index (χ4n) is 2.27. The minimum atomic E-state index is -2.86. The lowest BCUT2D eigenvalue weighted by atomic mass is 9.84. The summed E-state index contributed by atoms with van der Waals surface area (Å²) in [6, 6.07) is 0.0225. The van der Waals surface area contributed by atoms with Crippen molar-refractivity contribution in [2.75, 3.05) is 7.05 Å². The summed E-state index contributed by atoms with van der Waals surface area (Å²) in [6.07, 6.45) is 2.14. The Morgan fingerprint density at radius 2 is 1.87 bits per heavy atom.